The number of nitrogens with zero attached hydrogens (tertiary/aromatic N) is 4. The maximum absolute atomic E-state index is 4.65. The van der Waals surface area contributed by atoms with Crippen molar-refractivity contribution in [3.8, 4) is 11.3 Å². The fourth-order valence-electron chi connectivity index (χ4n) is 2.69. The Hall–Kier alpha value is -2.69. The third-order valence-electron chi connectivity index (χ3n) is 3.86. The Labute approximate surface area is 136 Å². The van der Waals surface area contributed by atoms with Crippen molar-refractivity contribution in [1.82, 2.24) is 19.7 Å². The van der Waals surface area contributed by atoms with Crippen molar-refractivity contribution >= 4 is 5.95 Å². The summed E-state index contributed by atoms with van der Waals surface area (Å²) in [6.07, 6.45) is 4.73. The molecule has 3 aromatic rings. The maximum atomic E-state index is 4.65. The van der Waals surface area contributed by atoms with Crippen LogP contribution in [0, 0.1) is 6.92 Å². The van der Waals surface area contributed by atoms with E-state index in [1.807, 2.05) is 32.3 Å². The number of hydrogen-bond donors (Lipinski definition) is 1. The van der Waals surface area contributed by atoms with Crippen LogP contribution < -0.4 is 5.32 Å². The molecule has 3 rings (SSSR count). The highest BCUT2D eigenvalue weighted by Crippen LogP contribution is 2.23. The molecule has 0 fully saturated rings. The maximum Gasteiger partial charge on any atom is 0.223 e. The summed E-state index contributed by atoms with van der Waals surface area (Å²) in [7, 11) is 1.92. The first-order valence-corrected chi connectivity index (χ1v) is 7.82. The van der Waals surface area contributed by atoms with Crippen LogP contribution in [0.15, 0.2) is 48.8 Å². The molecule has 0 spiro atoms. The number of rotatable bonds is 5. The number of hydrogen-bond acceptors (Lipinski definition) is 4. The summed E-state index contributed by atoms with van der Waals surface area (Å²) >= 11 is 0. The van der Waals surface area contributed by atoms with Gasteiger partial charge in [-0.15, -0.1) is 0 Å². The highest BCUT2D eigenvalue weighted by molar-refractivity contribution is 5.61. The molecule has 0 aliphatic rings. The van der Waals surface area contributed by atoms with Gasteiger partial charge in [0.15, 0.2) is 0 Å². The monoisotopic (exact) mass is 307 g/mol. The third-order valence-corrected chi connectivity index (χ3v) is 3.86. The lowest BCUT2D eigenvalue weighted by molar-refractivity contribution is 0.738. The second-order valence-corrected chi connectivity index (χ2v) is 5.58. The van der Waals surface area contributed by atoms with Crippen LogP contribution in [-0.2, 0) is 7.05 Å². The first-order chi connectivity index (χ1) is 11.2. The average Bonchev–Trinajstić information content (AvgIpc) is 2.92. The number of aromatic nitrogens is 4. The Balaban J connectivity index is 1.86. The Morgan fingerprint density at radius 3 is 2.61 bits per heavy atom. The zero-order chi connectivity index (χ0) is 16.2. The van der Waals surface area contributed by atoms with E-state index in [4.69, 9.17) is 0 Å². The zero-order valence-electron chi connectivity index (χ0n) is 13.7. The van der Waals surface area contributed by atoms with Crippen molar-refractivity contribution in [2.75, 3.05) is 5.32 Å². The Kier molecular flexibility index (Phi) is 4.37. The molecule has 2 aromatic heterocycles. The van der Waals surface area contributed by atoms with Crippen LogP contribution in [0.2, 0.25) is 0 Å². The molecular formula is C18H21N5. The Morgan fingerprint density at radius 1 is 1.17 bits per heavy atom. The van der Waals surface area contributed by atoms with E-state index < -0.39 is 0 Å². The van der Waals surface area contributed by atoms with Crippen LogP contribution in [0.1, 0.15) is 30.6 Å². The molecule has 1 aromatic carbocycles. The van der Waals surface area contributed by atoms with Gasteiger partial charge in [0.2, 0.25) is 5.95 Å². The van der Waals surface area contributed by atoms with Gasteiger partial charge in [-0.05, 0) is 25.0 Å². The van der Waals surface area contributed by atoms with Crippen LogP contribution in [0.4, 0.5) is 5.95 Å². The number of aryl methyl sites for hydroxylation is 2. The van der Waals surface area contributed by atoms with Gasteiger partial charge in [-0.2, -0.15) is 5.10 Å². The van der Waals surface area contributed by atoms with Gasteiger partial charge in [-0.1, -0.05) is 37.3 Å². The molecule has 23 heavy (non-hydrogen) atoms. The number of nitrogens with one attached hydrogen (secondary N) is 1. The summed E-state index contributed by atoms with van der Waals surface area (Å²) in [5, 5.41) is 7.81. The quantitative estimate of drug-likeness (QED) is 0.780. The van der Waals surface area contributed by atoms with Gasteiger partial charge < -0.3 is 5.32 Å². The summed E-state index contributed by atoms with van der Waals surface area (Å²) in [6, 6.07) is 12.5. The van der Waals surface area contributed by atoms with Crippen molar-refractivity contribution in [2.45, 2.75) is 26.3 Å². The van der Waals surface area contributed by atoms with Crippen LogP contribution in [-0.4, -0.2) is 19.7 Å². The second-order valence-electron chi connectivity index (χ2n) is 5.58. The molecular weight excluding hydrogens is 286 g/mol. The number of anilines is 1. The molecule has 1 N–H and O–H groups in total. The van der Waals surface area contributed by atoms with Gasteiger partial charge >= 0.3 is 0 Å². The lowest BCUT2D eigenvalue weighted by atomic mass is 10.1. The second kappa shape index (κ2) is 6.60. The standard InChI is InChI=1S/C18H21N5/c1-4-16(14-8-6-5-7-9-14)20-18-19-11-10-17(21-18)15-12-23(3)22-13(15)2/h5-12,16H,4H2,1-3H3,(H,19,20,21)/t16-/m0/s1. The van der Waals surface area contributed by atoms with Gasteiger partial charge in [-0.3, -0.25) is 4.68 Å². The first kappa shape index (κ1) is 15.2. The van der Waals surface area contributed by atoms with Gasteiger partial charge in [0, 0.05) is 25.0 Å². The third kappa shape index (κ3) is 3.39. The van der Waals surface area contributed by atoms with Crippen LogP contribution in [0.25, 0.3) is 11.3 Å². The van der Waals surface area contributed by atoms with Gasteiger partial charge in [-0.25, -0.2) is 9.97 Å². The molecule has 0 bridgehead atoms. The van der Waals surface area contributed by atoms with E-state index in [0.29, 0.717) is 5.95 Å². The molecule has 0 radical (unpaired) electrons. The van der Waals surface area contributed by atoms with Crippen molar-refractivity contribution in [3.63, 3.8) is 0 Å². The Morgan fingerprint density at radius 2 is 1.96 bits per heavy atom. The van der Waals surface area contributed by atoms with Crippen LogP contribution in [0.5, 0.6) is 0 Å². The normalized spacial score (nSPS) is 12.1. The summed E-state index contributed by atoms with van der Waals surface area (Å²) in [4.78, 5) is 9.02. The summed E-state index contributed by atoms with van der Waals surface area (Å²) < 4.78 is 1.80. The minimum absolute atomic E-state index is 0.196. The molecule has 0 amide bonds. The fourth-order valence-corrected chi connectivity index (χ4v) is 2.69. The SMILES string of the molecule is CC[C@H](Nc1nccc(-c2cn(C)nc2C)n1)c1ccccc1. The molecule has 0 unspecified atom stereocenters. The molecule has 0 aliphatic heterocycles. The summed E-state index contributed by atoms with van der Waals surface area (Å²) in [5.41, 5.74) is 4.12. The largest absolute Gasteiger partial charge is 0.347 e. The molecule has 0 aliphatic carbocycles. The summed E-state index contributed by atoms with van der Waals surface area (Å²) in [6.45, 7) is 4.14. The van der Waals surface area contributed by atoms with Crippen molar-refractivity contribution in [1.29, 1.82) is 0 Å². The first-order valence-electron chi connectivity index (χ1n) is 7.82. The van der Waals surface area contributed by atoms with E-state index >= 15 is 0 Å². The molecule has 118 valence electrons. The molecule has 5 nitrogen and oxygen atoms in total. The Bertz CT molecular complexity index is 779. The van der Waals surface area contributed by atoms with Gasteiger partial charge in [0.05, 0.1) is 17.4 Å². The summed E-state index contributed by atoms with van der Waals surface area (Å²) in [5.74, 6) is 0.640. The van der Waals surface area contributed by atoms with E-state index in [-0.39, 0.29) is 6.04 Å². The number of benzene rings is 1. The smallest absolute Gasteiger partial charge is 0.223 e. The molecule has 0 saturated heterocycles. The van der Waals surface area contributed by atoms with E-state index in [0.717, 1.165) is 23.4 Å². The van der Waals surface area contributed by atoms with Crippen LogP contribution >= 0.6 is 0 Å². The minimum Gasteiger partial charge on any atom is -0.347 e. The lowest BCUT2D eigenvalue weighted by Gasteiger charge is -2.17. The average molecular weight is 307 g/mol. The lowest BCUT2D eigenvalue weighted by Crippen LogP contribution is -2.12. The van der Waals surface area contributed by atoms with E-state index in [2.05, 4.69) is 51.6 Å². The van der Waals surface area contributed by atoms with E-state index in [1.54, 1.807) is 10.9 Å². The van der Waals surface area contributed by atoms with Crippen molar-refractivity contribution in [2.24, 2.45) is 7.05 Å². The topological polar surface area (TPSA) is 55.6 Å². The van der Waals surface area contributed by atoms with Gasteiger partial charge in [0.25, 0.3) is 0 Å². The van der Waals surface area contributed by atoms with Crippen LogP contribution in [0.3, 0.4) is 0 Å². The van der Waals surface area contributed by atoms with E-state index in [9.17, 15) is 0 Å². The van der Waals surface area contributed by atoms with E-state index in [1.165, 1.54) is 5.56 Å². The predicted molar refractivity (Wildman–Crippen MR) is 92.1 cm³/mol. The molecule has 1 atom stereocenters. The molecule has 2 heterocycles. The highest BCUT2D eigenvalue weighted by Gasteiger charge is 2.12. The molecule has 0 saturated carbocycles. The molecule has 5 heteroatoms. The van der Waals surface area contributed by atoms with Crippen molar-refractivity contribution in [3.05, 3.63) is 60.0 Å². The van der Waals surface area contributed by atoms with Crippen molar-refractivity contribution < 1.29 is 0 Å². The van der Waals surface area contributed by atoms with Gasteiger partial charge in [0.1, 0.15) is 0 Å². The minimum atomic E-state index is 0.196. The zero-order valence-corrected chi connectivity index (χ0v) is 13.7. The fraction of sp³-hybridized carbons (Fsp3) is 0.278. The highest BCUT2D eigenvalue weighted by atomic mass is 15.3. The predicted octanol–water partition coefficient (Wildman–Crippen LogP) is 3.75.